The average Bonchev–Trinajstić information content (AvgIpc) is 3.10. The lowest BCUT2D eigenvalue weighted by atomic mass is 10.1. The summed E-state index contributed by atoms with van der Waals surface area (Å²) in [7, 11) is -15.2. The van der Waals surface area contributed by atoms with E-state index in [2.05, 4.69) is 8.83 Å². The lowest BCUT2D eigenvalue weighted by Gasteiger charge is -2.20. The normalized spacial score (nSPS) is 24.7. The third-order valence-corrected chi connectivity index (χ3v) is 9.12. The molecule has 212 valence electrons. The standard InChI is InChI=1S/C19H21N3O14P2S/c23-15-7-8-22(19(26)20-15)18-17(25)16(24)13(35-18)9-34-38(29,30)36-37(27,28)21-12-5-1-4-11-10(12)3-2-6-14(11)39(31,32)33/h1-8,13,16-18,24-25H,9H2,(H,29,30)(H,20,23,26)(H2,21,27,28)(H,31,32,33)/t13-,16-,17-,18-/m1/s1. The third-order valence-electron chi connectivity index (χ3n) is 5.50. The molecule has 0 radical (unpaired) electrons. The number of aliphatic hydroxyl groups is 2. The predicted octanol–water partition coefficient (Wildman–Crippen LogP) is -0.0982. The van der Waals surface area contributed by atoms with E-state index in [4.69, 9.17) is 4.74 Å². The van der Waals surface area contributed by atoms with E-state index in [0.717, 1.165) is 22.9 Å². The summed E-state index contributed by atoms with van der Waals surface area (Å²) >= 11 is 0. The highest BCUT2D eigenvalue weighted by atomic mass is 32.2. The quantitative estimate of drug-likeness (QED) is 0.123. The molecule has 4 rings (SSSR count). The molecule has 7 N–H and O–H groups in total. The number of H-pyrrole nitrogens is 1. The maximum atomic E-state index is 12.6. The van der Waals surface area contributed by atoms with Gasteiger partial charge in [-0.05, 0) is 12.1 Å². The van der Waals surface area contributed by atoms with Gasteiger partial charge in [-0.3, -0.25) is 28.5 Å². The topological polar surface area (TPSA) is 264 Å². The second-order valence-electron chi connectivity index (χ2n) is 8.17. The Labute approximate surface area is 218 Å². The molecule has 1 fully saturated rings. The van der Waals surface area contributed by atoms with E-state index in [1.807, 2.05) is 10.1 Å². The average molecular weight is 609 g/mol. The second kappa shape index (κ2) is 10.7. The Morgan fingerprint density at radius 1 is 1.03 bits per heavy atom. The molecule has 17 nitrogen and oxygen atoms in total. The monoisotopic (exact) mass is 609 g/mol. The van der Waals surface area contributed by atoms with Crippen molar-refractivity contribution in [3.8, 4) is 0 Å². The van der Waals surface area contributed by atoms with Crippen molar-refractivity contribution in [3.63, 3.8) is 0 Å². The molecule has 3 aromatic rings. The molecule has 1 aromatic heterocycles. The fraction of sp³-hybridized carbons (Fsp3) is 0.263. The summed E-state index contributed by atoms with van der Waals surface area (Å²) in [5.41, 5.74) is -1.90. The zero-order valence-electron chi connectivity index (χ0n) is 19.3. The minimum absolute atomic E-state index is 0.0319. The number of phosphoric acid groups is 1. The molecule has 2 unspecified atom stereocenters. The lowest BCUT2D eigenvalue weighted by Crippen LogP contribution is -2.37. The first-order valence-electron chi connectivity index (χ1n) is 10.7. The second-order valence-corrected chi connectivity index (χ2v) is 12.7. The van der Waals surface area contributed by atoms with E-state index in [0.29, 0.717) is 0 Å². The zero-order valence-corrected chi connectivity index (χ0v) is 21.9. The highest BCUT2D eigenvalue weighted by Gasteiger charge is 2.46. The van der Waals surface area contributed by atoms with Crippen LogP contribution in [0.25, 0.3) is 10.8 Å². The molecule has 0 amide bonds. The minimum atomic E-state index is -5.35. The lowest BCUT2D eigenvalue weighted by molar-refractivity contribution is -0.0541. The Bertz CT molecular complexity index is 1720. The number of rotatable bonds is 9. The molecule has 0 saturated carbocycles. The van der Waals surface area contributed by atoms with Gasteiger partial charge in [0.2, 0.25) is 0 Å². The molecule has 6 atom stereocenters. The van der Waals surface area contributed by atoms with Crippen LogP contribution in [0.15, 0.2) is 63.1 Å². The molecular formula is C19H21N3O14P2S. The number of ether oxygens (including phenoxy) is 1. The minimum Gasteiger partial charge on any atom is -0.387 e. The van der Waals surface area contributed by atoms with Crippen molar-refractivity contribution in [2.75, 3.05) is 11.7 Å². The van der Waals surface area contributed by atoms with Gasteiger partial charge in [0.25, 0.3) is 15.7 Å². The van der Waals surface area contributed by atoms with Gasteiger partial charge in [-0.15, -0.1) is 0 Å². The van der Waals surface area contributed by atoms with E-state index in [9.17, 15) is 51.7 Å². The number of anilines is 1. The van der Waals surface area contributed by atoms with E-state index in [1.165, 1.54) is 30.3 Å². The molecular weight excluding hydrogens is 588 g/mol. The molecule has 1 aliphatic rings. The molecule has 0 aliphatic carbocycles. The van der Waals surface area contributed by atoms with Crippen LogP contribution >= 0.6 is 15.6 Å². The number of aliphatic hydroxyl groups excluding tert-OH is 2. The summed E-state index contributed by atoms with van der Waals surface area (Å²) in [6.07, 6.45) is -5.52. The van der Waals surface area contributed by atoms with E-state index >= 15 is 0 Å². The van der Waals surface area contributed by atoms with E-state index < -0.39 is 73.0 Å². The predicted molar refractivity (Wildman–Crippen MR) is 131 cm³/mol. The van der Waals surface area contributed by atoms with Crippen molar-refractivity contribution in [2.24, 2.45) is 0 Å². The van der Waals surface area contributed by atoms with Gasteiger partial charge in [0.1, 0.15) is 23.2 Å². The molecule has 20 heteroatoms. The first-order valence-corrected chi connectivity index (χ1v) is 15.2. The molecule has 0 bridgehead atoms. The van der Waals surface area contributed by atoms with Gasteiger partial charge in [-0.25, -0.2) is 13.9 Å². The van der Waals surface area contributed by atoms with E-state index in [1.54, 1.807) is 0 Å². The highest BCUT2D eigenvalue weighted by molar-refractivity contribution is 7.86. The van der Waals surface area contributed by atoms with Gasteiger partial charge in [0.05, 0.1) is 12.3 Å². The van der Waals surface area contributed by atoms with Crippen molar-refractivity contribution >= 4 is 42.1 Å². The maximum absolute atomic E-state index is 12.6. The first kappa shape index (κ1) is 29.3. The Hall–Kier alpha value is -2.73. The maximum Gasteiger partial charge on any atom is 0.480 e. The number of nitrogens with one attached hydrogen (secondary N) is 2. The van der Waals surface area contributed by atoms with Crippen LogP contribution in [0.2, 0.25) is 0 Å². The summed E-state index contributed by atoms with van der Waals surface area (Å²) < 4.78 is 72.8. The molecule has 2 aromatic carbocycles. The third kappa shape index (κ3) is 6.54. The van der Waals surface area contributed by atoms with Gasteiger partial charge < -0.3 is 24.7 Å². The van der Waals surface area contributed by atoms with Crippen molar-refractivity contribution in [3.05, 3.63) is 69.5 Å². The van der Waals surface area contributed by atoms with Crippen LogP contribution in [0.5, 0.6) is 0 Å². The summed E-state index contributed by atoms with van der Waals surface area (Å²) in [6.45, 7) is -0.952. The highest BCUT2D eigenvalue weighted by Crippen LogP contribution is 2.60. The Balaban J connectivity index is 1.46. The van der Waals surface area contributed by atoms with Crippen molar-refractivity contribution in [1.29, 1.82) is 0 Å². The van der Waals surface area contributed by atoms with E-state index in [-0.39, 0.29) is 16.5 Å². The van der Waals surface area contributed by atoms with Gasteiger partial charge in [0, 0.05) is 23.0 Å². The molecule has 2 heterocycles. The Morgan fingerprint density at radius 3 is 2.36 bits per heavy atom. The number of phosphoric ester groups is 1. The van der Waals surface area contributed by atoms with Crippen LogP contribution in [0, 0.1) is 0 Å². The number of aromatic amines is 1. The van der Waals surface area contributed by atoms with Gasteiger partial charge in [0.15, 0.2) is 6.23 Å². The molecule has 0 spiro atoms. The Morgan fingerprint density at radius 2 is 1.69 bits per heavy atom. The SMILES string of the molecule is O=c1ccn([C@@H]2O[C@H](COP(=O)(O)OP(=O)(O)Nc3cccc4c(S(=O)(=O)O)cccc34)[C@@H](O)[C@H]2O)c(=O)[nH]1. The largest absolute Gasteiger partial charge is 0.480 e. The van der Waals surface area contributed by atoms with Crippen LogP contribution in [0.4, 0.5) is 5.69 Å². The summed E-state index contributed by atoms with van der Waals surface area (Å²) in [5, 5.41) is 22.4. The summed E-state index contributed by atoms with van der Waals surface area (Å²) in [4.78, 5) is 44.8. The fourth-order valence-electron chi connectivity index (χ4n) is 3.83. The summed E-state index contributed by atoms with van der Waals surface area (Å²) in [5.74, 6) is 0. The number of fused-ring (bicyclic) bond motifs is 1. The number of nitrogens with zero attached hydrogens (tertiary/aromatic N) is 1. The van der Waals surface area contributed by atoms with Crippen molar-refractivity contribution < 1.29 is 55.7 Å². The van der Waals surface area contributed by atoms with Crippen LogP contribution < -0.4 is 16.3 Å². The fourth-order valence-corrected chi connectivity index (χ4v) is 6.84. The number of hydrogen-bond donors (Lipinski definition) is 7. The molecule has 1 aliphatic heterocycles. The summed E-state index contributed by atoms with van der Waals surface area (Å²) in [6, 6.07) is 8.46. The van der Waals surface area contributed by atoms with Crippen LogP contribution in [-0.4, -0.2) is 67.4 Å². The zero-order chi connectivity index (χ0) is 28.8. The van der Waals surface area contributed by atoms with Crippen molar-refractivity contribution in [1.82, 2.24) is 9.55 Å². The Kier molecular flexibility index (Phi) is 8.01. The molecule has 39 heavy (non-hydrogen) atoms. The molecule has 1 saturated heterocycles. The number of hydrogen-bond acceptors (Lipinski definition) is 11. The van der Waals surface area contributed by atoms with Gasteiger partial charge in [-0.1, -0.05) is 24.3 Å². The van der Waals surface area contributed by atoms with Crippen LogP contribution in [-0.2, 0) is 32.8 Å². The first-order chi connectivity index (χ1) is 18.1. The van der Waals surface area contributed by atoms with Gasteiger partial charge >= 0.3 is 21.3 Å². The van der Waals surface area contributed by atoms with Crippen LogP contribution in [0.1, 0.15) is 6.23 Å². The number of benzene rings is 2. The van der Waals surface area contributed by atoms with Crippen LogP contribution in [0.3, 0.4) is 0 Å². The van der Waals surface area contributed by atoms with Crippen molar-refractivity contribution in [2.45, 2.75) is 29.4 Å². The smallest absolute Gasteiger partial charge is 0.387 e. The van der Waals surface area contributed by atoms with Gasteiger partial charge in [-0.2, -0.15) is 12.7 Å². The number of aromatic nitrogens is 2.